The largest absolute Gasteiger partial charge is 0.299 e. The molecule has 54 valence electrons. The van der Waals surface area contributed by atoms with E-state index in [2.05, 4.69) is 10.8 Å². The highest BCUT2D eigenvalue weighted by Gasteiger charge is 2.35. The van der Waals surface area contributed by atoms with Gasteiger partial charge in [-0.1, -0.05) is 0 Å². The molecule has 2 saturated heterocycles. The van der Waals surface area contributed by atoms with Crippen molar-refractivity contribution >= 4 is 0 Å². The summed E-state index contributed by atoms with van der Waals surface area (Å²) < 4.78 is 0. The third-order valence-corrected chi connectivity index (χ3v) is 2.82. The van der Waals surface area contributed by atoms with Gasteiger partial charge in [0, 0.05) is 12.0 Å². The lowest BCUT2D eigenvalue weighted by molar-refractivity contribution is 0.310. The van der Waals surface area contributed by atoms with Crippen molar-refractivity contribution in [1.29, 1.82) is 0 Å². The van der Waals surface area contributed by atoms with Crippen molar-refractivity contribution in [1.82, 2.24) is 4.90 Å². The van der Waals surface area contributed by atoms with Gasteiger partial charge in [0.05, 0.1) is 0 Å². The van der Waals surface area contributed by atoms with Crippen molar-refractivity contribution in [3.63, 3.8) is 0 Å². The second-order valence-electron chi connectivity index (χ2n) is 3.31. The minimum absolute atomic E-state index is 0.572. The van der Waals surface area contributed by atoms with Gasteiger partial charge in [-0.15, -0.1) is 12.3 Å². The number of rotatable bonds is 0. The van der Waals surface area contributed by atoms with Gasteiger partial charge in [-0.2, -0.15) is 0 Å². The molecule has 2 aliphatic heterocycles. The van der Waals surface area contributed by atoms with Gasteiger partial charge in [0.1, 0.15) is 0 Å². The zero-order valence-electron chi connectivity index (χ0n) is 6.21. The van der Waals surface area contributed by atoms with Crippen LogP contribution in [-0.2, 0) is 0 Å². The second kappa shape index (κ2) is 2.29. The molecule has 0 N–H and O–H groups in total. The molecule has 0 amide bonds. The molecule has 0 aromatic rings. The van der Waals surface area contributed by atoms with Crippen LogP contribution in [-0.4, -0.2) is 24.0 Å². The summed E-state index contributed by atoms with van der Waals surface area (Å²) >= 11 is 0. The van der Waals surface area contributed by atoms with Crippen molar-refractivity contribution in [2.24, 2.45) is 5.92 Å². The lowest BCUT2D eigenvalue weighted by Gasteiger charge is -2.15. The van der Waals surface area contributed by atoms with Gasteiger partial charge in [0.25, 0.3) is 0 Å². The SMILES string of the molecule is C#CC1CCN2CCCC12. The molecule has 2 fully saturated rings. The molecule has 2 atom stereocenters. The Hall–Kier alpha value is -0.480. The summed E-state index contributed by atoms with van der Waals surface area (Å²) in [6.07, 6.45) is 9.36. The Labute approximate surface area is 62.4 Å². The third kappa shape index (κ3) is 0.759. The van der Waals surface area contributed by atoms with Gasteiger partial charge in [-0.25, -0.2) is 0 Å². The van der Waals surface area contributed by atoms with Gasteiger partial charge >= 0.3 is 0 Å². The average Bonchev–Trinajstić information content (AvgIpc) is 2.44. The fourth-order valence-corrected chi connectivity index (χ4v) is 2.28. The summed E-state index contributed by atoms with van der Waals surface area (Å²) in [4.78, 5) is 2.55. The maximum absolute atomic E-state index is 5.41. The predicted octanol–water partition coefficient (Wildman–Crippen LogP) is 1.10. The summed E-state index contributed by atoms with van der Waals surface area (Å²) in [7, 11) is 0. The highest BCUT2D eigenvalue weighted by atomic mass is 15.2. The standard InChI is InChI=1S/C9H13N/c1-2-8-5-7-10-6-3-4-9(8)10/h1,8-9H,3-7H2. The fraction of sp³-hybridized carbons (Fsp3) is 0.778. The molecule has 2 aliphatic rings. The van der Waals surface area contributed by atoms with Crippen LogP contribution < -0.4 is 0 Å². The molecule has 0 spiro atoms. The van der Waals surface area contributed by atoms with Gasteiger partial charge in [-0.05, 0) is 32.4 Å². The van der Waals surface area contributed by atoms with E-state index < -0.39 is 0 Å². The summed E-state index contributed by atoms with van der Waals surface area (Å²) in [5.74, 6) is 3.47. The van der Waals surface area contributed by atoms with Crippen LogP contribution in [0, 0.1) is 18.3 Å². The van der Waals surface area contributed by atoms with Crippen LogP contribution in [0.5, 0.6) is 0 Å². The quantitative estimate of drug-likeness (QED) is 0.450. The molecule has 0 bridgehead atoms. The van der Waals surface area contributed by atoms with Crippen LogP contribution >= 0.6 is 0 Å². The van der Waals surface area contributed by atoms with Crippen LogP contribution in [0.3, 0.4) is 0 Å². The van der Waals surface area contributed by atoms with E-state index in [1.165, 1.54) is 32.4 Å². The van der Waals surface area contributed by atoms with Crippen LogP contribution in [0.15, 0.2) is 0 Å². The van der Waals surface area contributed by atoms with E-state index in [1.54, 1.807) is 0 Å². The number of terminal acetylenes is 1. The Morgan fingerprint density at radius 2 is 2.20 bits per heavy atom. The monoisotopic (exact) mass is 135 g/mol. The molecule has 1 nitrogen and oxygen atoms in total. The first-order chi connectivity index (χ1) is 4.92. The molecular weight excluding hydrogens is 122 g/mol. The molecule has 10 heavy (non-hydrogen) atoms. The van der Waals surface area contributed by atoms with Crippen molar-refractivity contribution in [3.8, 4) is 12.3 Å². The Morgan fingerprint density at radius 3 is 3.00 bits per heavy atom. The van der Waals surface area contributed by atoms with Crippen LogP contribution in [0.4, 0.5) is 0 Å². The normalized spacial score (nSPS) is 39.5. The van der Waals surface area contributed by atoms with E-state index in [-0.39, 0.29) is 0 Å². The van der Waals surface area contributed by atoms with Gasteiger partial charge < -0.3 is 0 Å². The van der Waals surface area contributed by atoms with Crippen molar-refractivity contribution in [2.75, 3.05) is 13.1 Å². The van der Waals surface area contributed by atoms with E-state index >= 15 is 0 Å². The van der Waals surface area contributed by atoms with Crippen LogP contribution in [0.25, 0.3) is 0 Å². The maximum Gasteiger partial charge on any atom is 0.0368 e. The second-order valence-corrected chi connectivity index (χ2v) is 3.31. The summed E-state index contributed by atoms with van der Waals surface area (Å²) in [5, 5.41) is 0. The molecule has 1 heteroatoms. The highest BCUT2D eigenvalue weighted by Crippen LogP contribution is 2.31. The topological polar surface area (TPSA) is 3.24 Å². The lowest BCUT2D eigenvalue weighted by atomic mass is 10.00. The van der Waals surface area contributed by atoms with E-state index in [9.17, 15) is 0 Å². The average molecular weight is 135 g/mol. The molecule has 2 rings (SSSR count). The Kier molecular flexibility index (Phi) is 1.43. The number of nitrogens with zero attached hydrogens (tertiary/aromatic N) is 1. The maximum atomic E-state index is 5.41. The van der Waals surface area contributed by atoms with Gasteiger partial charge in [-0.3, -0.25) is 4.90 Å². The van der Waals surface area contributed by atoms with Gasteiger partial charge in [0.15, 0.2) is 0 Å². The smallest absolute Gasteiger partial charge is 0.0368 e. The fourth-order valence-electron chi connectivity index (χ4n) is 2.28. The third-order valence-electron chi connectivity index (χ3n) is 2.82. The molecular formula is C9H13N. The Morgan fingerprint density at radius 1 is 1.30 bits per heavy atom. The molecule has 0 aromatic heterocycles. The van der Waals surface area contributed by atoms with Crippen molar-refractivity contribution < 1.29 is 0 Å². The first kappa shape index (κ1) is 6.24. The number of fused-ring (bicyclic) bond motifs is 1. The van der Waals surface area contributed by atoms with Crippen LogP contribution in [0.2, 0.25) is 0 Å². The van der Waals surface area contributed by atoms with E-state index in [0.29, 0.717) is 5.92 Å². The summed E-state index contributed by atoms with van der Waals surface area (Å²) in [5.41, 5.74) is 0. The zero-order valence-corrected chi connectivity index (χ0v) is 6.21. The highest BCUT2D eigenvalue weighted by molar-refractivity contribution is 5.05. The van der Waals surface area contributed by atoms with E-state index in [4.69, 9.17) is 6.42 Å². The lowest BCUT2D eigenvalue weighted by Crippen LogP contribution is -2.25. The summed E-state index contributed by atoms with van der Waals surface area (Å²) in [6, 6.07) is 0.755. The van der Waals surface area contributed by atoms with Gasteiger partial charge in [0.2, 0.25) is 0 Å². The molecule has 0 aliphatic carbocycles. The Balaban J connectivity index is 2.10. The number of hydrogen-bond donors (Lipinski definition) is 0. The Bertz CT molecular complexity index is 168. The molecule has 0 saturated carbocycles. The molecule has 0 aromatic carbocycles. The van der Waals surface area contributed by atoms with Crippen molar-refractivity contribution in [2.45, 2.75) is 25.3 Å². The first-order valence-electron chi connectivity index (χ1n) is 4.12. The zero-order chi connectivity index (χ0) is 6.97. The minimum atomic E-state index is 0.572. The van der Waals surface area contributed by atoms with E-state index in [1.807, 2.05) is 0 Å². The molecule has 2 unspecified atom stereocenters. The number of hydrogen-bond acceptors (Lipinski definition) is 1. The molecule has 0 radical (unpaired) electrons. The van der Waals surface area contributed by atoms with E-state index in [0.717, 1.165) is 6.04 Å². The molecule has 2 heterocycles. The minimum Gasteiger partial charge on any atom is -0.299 e. The first-order valence-corrected chi connectivity index (χ1v) is 4.12. The van der Waals surface area contributed by atoms with Crippen molar-refractivity contribution in [3.05, 3.63) is 0 Å². The predicted molar refractivity (Wildman–Crippen MR) is 41.5 cm³/mol. The van der Waals surface area contributed by atoms with Crippen LogP contribution in [0.1, 0.15) is 19.3 Å². The summed E-state index contributed by atoms with van der Waals surface area (Å²) in [6.45, 7) is 2.54.